The van der Waals surface area contributed by atoms with E-state index in [0.717, 1.165) is 29.1 Å². The minimum Gasteiger partial charge on any atom is -0.331 e. The molecule has 0 saturated carbocycles. The predicted molar refractivity (Wildman–Crippen MR) is 82.6 cm³/mol. The van der Waals surface area contributed by atoms with Crippen molar-refractivity contribution in [2.75, 3.05) is 0 Å². The first-order valence-corrected chi connectivity index (χ1v) is 6.97. The summed E-state index contributed by atoms with van der Waals surface area (Å²) < 4.78 is 15.3. The SMILES string of the molecule is Cc1cc(F)ccc1-c1ccc(Cn2ccnc2C)cc1. The Balaban J connectivity index is 1.85. The maximum atomic E-state index is 13.2. The van der Waals surface area contributed by atoms with Crippen molar-refractivity contribution >= 4 is 0 Å². The Kier molecular flexibility index (Phi) is 3.57. The molecule has 2 nitrogen and oxygen atoms in total. The number of aromatic nitrogens is 2. The Morgan fingerprint density at radius 3 is 2.43 bits per heavy atom. The molecule has 0 bridgehead atoms. The quantitative estimate of drug-likeness (QED) is 0.697. The van der Waals surface area contributed by atoms with Gasteiger partial charge in [0.05, 0.1) is 0 Å². The lowest BCUT2D eigenvalue weighted by molar-refractivity contribution is 0.627. The highest BCUT2D eigenvalue weighted by molar-refractivity contribution is 5.67. The van der Waals surface area contributed by atoms with Crippen LogP contribution < -0.4 is 0 Å². The van der Waals surface area contributed by atoms with Gasteiger partial charge in [-0.25, -0.2) is 9.37 Å². The summed E-state index contributed by atoms with van der Waals surface area (Å²) in [5.74, 6) is 0.817. The van der Waals surface area contributed by atoms with E-state index in [9.17, 15) is 4.39 Å². The molecule has 0 unspecified atom stereocenters. The zero-order valence-electron chi connectivity index (χ0n) is 12.2. The highest BCUT2D eigenvalue weighted by Gasteiger charge is 2.04. The molecule has 0 spiro atoms. The third-order valence-electron chi connectivity index (χ3n) is 3.73. The molecule has 21 heavy (non-hydrogen) atoms. The predicted octanol–water partition coefficient (Wildman–Crippen LogP) is 4.35. The van der Waals surface area contributed by atoms with Crippen LogP contribution in [0, 0.1) is 19.7 Å². The van der Waals surface area contributed by atoms with E-state index in [0.29, 0.717) is 0 Å². The summed E-state index contributed by atoms with van der Waals surface area (Å²) >= 11 is 0. The molecule has 1 heterocycles. The molecular weight excluding hydrogens is 263 g/mol. The van der Waals surface area contributed by atoms with Crippen molar-refractivity contribution in [3.8, 4) is 11.1 Å². The number of nitrogens with zero attached hydrogens (tertiary/aromatic N) is 2. The molecular formula is C18H17FN2. The summed E-state index contributed by atoms with van der Waals surface area (Å²) in [5.41, 5.74) is 4.35. The first kappa shape index (κ1) is 13.6. The van der Waals surface area contributed by atoms with Crippen LogP contribution in [0.5, 0.6) is 0 Å². The smallest absolute Gasteiger partial charge is 0.123 e. The fourth-order valence-electron chi connectivity index (χ4n) is 2.51. The Bertz CT molecular complexity index is 757. The molecule has 3 rings (SSSR count). The minimum atomic E-state index is -0.191. The Hall–Kier alpha value is -2.42. The van der Waals surface area contributed by atoms with Crippen LogP contribution in [0.2, 0.25) is 0 Å². The van der Waals surface area contributed by atoms with Gasteiger partial charge in [0.2, 0.25) is 0 Å². The van der Waals surface area contributed by atoms with E-state index in [1.807, 2.05) is 32.3 Å². The lowest BCUT2D eigenvalue weighted by atomic mass is 9.99. The number of aryl methyl sites for hydroxylation is 2. The van der Waals surface area contributed by atoms with Crippen molar-refractivity contribution in [3.63, 3.8) is 0 Å². The molecule has 2 aromatic carbocycles. The number of hydrogen-bond acceptors (Lipinski definition) is 1. The van der Waals surface area contributed by atoms with Crippen molar-refractivity contribution in [3.05, 3.63) is 77.6 Å². The highest BCUT2D eigenvalue weighted by Crippen LogP contribution is 2.24. The number of rotatable bonds is 3. The van der Waals surface area contributed by atoms with Gasteiger partial charge in [0, 0.05) is 18.9 Å². The molecule has 3 aromatic rings. The topological polar surface area (TPSA) is 17.8 Å². The van der Waals surface area contributed by atoms with Gasteiger partial charge in [0.25, 0.3) is 0 Å². The van der Waals surface area contributed by atoms with E-state index in [2.05, 4.69) is 33.8 Å². The van der Waals surface area contributed by atoms with Gasteiger partial charge in [-0.05, 0) is 48.2 Å². The average molecular weight is 280 g/mol. The van der Waals surface area contributed by atoms with Crippen LogP contribution >= 0.6 is 0 Å². The Labute approximate surface area is 123 Å². The van der Waals surface area contributed by atoms with Crippen molar-refractivity contribution < 1.29 is 4.39 Å². The highest BCUT2D eigenvalue weighted by atomic mass is 19.1. The number of halogens is 1. The van der Waals surface area contributed by atoms with Crippen molar-refractivity contribution in [2.45, 2.75) is 20.4 Å². The standard InChI is InChI=1S/C18H17FN2/c1-13-11-17(19)7-8-18(13)16-5-3-15(4-6-16)12-21-10-9-20-14(21)2/h3-11H,12H2,1-2H3. The van der Waals surface area contributed by atoms with Crippen LogP contribution in [0.15, 0.2) is 54.9 Å². The van der Waals surface area contributed by atoms with Gasteiger partial charge in [-0.1, -0.05) is 30.3 Å². The molecule has 0 radical (unpaired) electrons. The van der Waals surface area contributed by atoms with Gasteiger partial charge in [-0.15, -0.1) is 0 Å². The summed E-state index contributed by atoms with van der Waals surface area (Å²) in [6.07, 6.45) is 3.79. The fraction of sp³-hybridized carbons (Fsp3) is 0.167. The van der Waals surface area contributed by atoms with E-state index < -0.39 is 0 Å². The van der Waals surface area contributed by atoms with Crippen molar-refractivity contribution in [2.24, 2.45) is 0 Å². The van der Waals surface area contributed by atoms with Crippen LogP contribution in [0.4, 0.5) is 4.39 Å². The molecule has 0 atom stereocenters. The fourth-order valence-corrected chi connectivity index (χ4v) is 2.51. The maximum absolute atomic E-state index is 13.2. The maximum Gasteiger partial charge on any atom is 0.123 e. The lowest BCUT2D eigenvalue weighted by Gasteiger charge is -2.09. The first-order chi connectivity index (χ1) is 10.1. The van der Waals surface area contributed by atoms with Crippen molar-refractivity contribution in [1.82, 2.24) is 9.55 Å². The second-order valence-corrected chi connectivity index (χ2v) is 5.26. The summed E-state index contributed by atoms with van der Waals surface area (Å²) in [5, 5.41) is 0. The van der Waals surface area contributed by atoms with Crippen LogP contribution in [0.1, 0.15) is 17.0 Å². The van der Waals surface area contributed by atoms with Gasteiger partial charge in [-0.3, -0.25) is 0 Å². The zero-order valence-corrected chi connectivity index (χ0v) is 12.2. The first-order valence-electron chi connectivity index (χ1n) is 6.97. The molecule has 0 amide bonds. The minimum absolute atomic E-state index is 0.191. The van der Waals surface area contributed by atoms with Crippen LogP contribution in [0.25, 0.3) is 11.1 Å². The lowest BCUT2D eigenvalue weighted by Crippen LogP contribution is -2.00. The zero-order chi connectivity index (χ0) is 14.8. The largest absolute Gasteiger partial charge is 0.331 e. The van der Waals surface area contributed by atoms with E-state index in [-0.39, 0.29) is 5.82 Å². The third kappa shape index (κ3) is 2.87. The molecule has 0 aliphatic carbocycles. The van der Waals surface area contributed by atoms with E-state index in [4.69, 9.17) is 0 Å². The monoisotopic (exact) mass is 280 g/mol. The number of benzene rings is 2. The second-order valence-electron chi connectivity index (χ2n) is 5.26. The normalized spacial score (nSPS) is 10.8. The molecule has 0 fully saturated rings. The number of hydrogen-bond donors (Lipinski definition) is 0. The molecule has 0 aliphatic rings. The van der Waals surface area contributed by atoms with Gasteiger partial charge in [-0.2, -0.15) is 0 Å². The summed E-state index contributed by atoms with van der Waals surface area (Å²) in [7, 11) is 0. The summed E-state index contributed by atoms with van der Waals surface area (Å²) in [6.45, 7) is 4.74. The average Bonchev–Trinajstić information content (AvgIpc) is 2.86. The number of imidazole rings is 1. The van der Waals surface area contributed by atoms with Crippen molar-refractivity contribution in [1.29, 1.82) is 0 Å². The van der Waals surface area contributed by atoms with Crippen LogP contribution in [0.3, 0.4) is 0 Å². The van der Waals surface area contributed by atoms with Gasteiger partial charge in [0.1, 0.15) is 11.6 Å². The third-order valence-corrected chi connectivity index (χ3v) is 3.73. The molecule has 0 aliphatic heterocycles. The van der Waals surface area contributed by atoms with Gasteiger partial charge >= 0.3 is 0 Å². The van der Waals surface area contributed by atoms with E-state index in [1.54, 1.807) is 6.07 Å². The Morgan fingerprint density at radius 2 is 1.81 bits per heavy atom. The summed E-state index contributed by atoms with van der Waals surface area (Å²) in [6, 6.07) is 13.3. The van der Waals surface area contributed by atoms with Crippen LogP contribution in [-0.4, -0.2) is 9.55 Å². The molecule has 1 aromatic heterocycles. The molecule has 3 heteroatoms. The Morgan fingerprint density at radius 1 is 1.05 bits per heavy atom. The second kappa shape index (κ2) is 5.52. The molecule has 106 valence electrons. The van der Waals surface area contributed by atoms with Gasteiger partial charge < -0.3 is 4.57 Å². The molecule has 0 N–H and O–H groups in total. The van der Waals surface area contributed by atoms with Crippen LogP contribution in [-0.2, 0) is 6.54 Å². The van der Waals surface area contributed by atoms with E-state index in [1.165, 1.54) is 11.6 Å². The summed E-state index contributed by atoms with van der Waals surface area (Å²) in [4.78, 5) is 4.23. The van der Waals surface area contributed by atoms with Gasteiger partial charge in [0.15, 0.2) is 0 Å². The molecule has 0 saturated heterocycles. The van der Waals surface area contributed by atoms with E-state index >= 15 is 0 Å².